The molecule has 0 bridgehead atoms. The molecule has 0 heterocycles. The Bertz CT molecular complexity index is 392. The van der Waals surface area contributed by atoms with E-state index in [4.69, 9.17) is 11.6 Å². The summed E-state index contributed by atoms with van der Waals surface area (Å²) in [4.78, 5) is 14.4. The molecule has 0 aliphatic carbocycles. The minimum absolute atomic E-state index is 0.103. The van der Waals surface area contributed by atoms with Crippen LogP contribution in [0.5, 0.6) is 0 Å². The summed E-state index contributed by atoms with van der Waals surface area (Å²) in [6.07, 6.45) is 1.14. The van der Waals surface area contributed by atoms with Crippen LogP contribution in [0, 0.1) is 5.92 Å². The Labute approximate surface area is 115 Å². The number of ketones is 1. The first-order chi connectivity index (χ1) is 8.58. The molecular formula is C15H22ClNO. The molecule has 0 amide bonds. The van der Waals surface area contributed by atoms with Gasteiger partial charge in [-0.25, -0.2) is 0 Å². The molecule has 0 radical (unpaired) electrons. The van der Waals surface area contributed by atoms with Crippen LogP contribution in [0.2, 0.25) is 5.02 Å². The summed E-state index contributed by atoms with van der Waals surface area (Å²) in [5, 5.41) is 0.544. The van der Waals surface area contributed by atoms with Crippen molar-refractivity contribution in [2.45, 2.75) is 27.2 Å². The van der Waals surface area contributed by atoms with Crippen LogP contribution in [-0.4, -0.2) is 30.3 Å². The lowest BCUT2D eigenvalue weighted by Crippen LogP contribution is -2.33. The van der Waals surface area contributed by atoms with Crippen molar-refractivity contribution in [2.24, 2.45) is 5.92 Å². The van der Waals surface area contributed by atoms with Crippen LogP contribution < -0.4 is 0 Å². The fourth-order valence-corrected chi connectivity index (χ4v) is 2.09. The topological polar surface area (TPSA) is 20.3 Å². The maximum Gasteiger partial charge on any atom is 0.178 e. The van der Waals surface area contributed by atoms with Gasteiger partial charge in [-0.05, 0) is 24.6 Å². The summed E-state index contributed by atoms with van der Waals surface area (Å²) >= 11 is 6.04. The number of hydrogen-bond acceptors (Lipinski definition) is 2. The highest BCUT2D eigenvalue weighted by Crippen LogP contribution is 2.16. The molecule has 0 saturated carbocycles. The van der Waals surface area contributed by atoms with E-state index >= 15 is 0 Å². The normalized spacial score (nSPS) is 12.7. The van der Waals surface area contributed by atoms with Gasteiger partial charge >= 0.3 is 0 Å². The van der Waals surface area contributed by atoms with Crippen LogP contribution >= 0.6 is 11.6 Å². The lowest BCUT2D eigenvalue weighted by atomic mass is 10.1. The predicted octanol–water partition coefficient (Wildman–Crippen LogP) is 3.89. The zero-order valence-corrected chi connectivity index (χ0v) is 12.2. The molecule has 18 heavy (non-hydrogen) atoms. The number of carbonyl (C=O) groups excluding carboxylic acids is 1. The molecular weight excluding hydrogens is 246 g/mol. The lowest BCUT2D eigenvalue weighted by molar-refractivity contribution is 0.0924. The van der Waals surface area contributed by atoms with Crippen molar-refractivity contribution < 1.29 is 4.79 Å². The average molecular weight is 268 g/mol. The van der Waals surface area contributed by atoms with Gasteiger partial charge < -0.3 is 0 Å². The van der Waals surface area contributed by atoms with Gasteiger partial charge in [-0.3, -0.25) is 9.69 Å². The Kier molecular flexibility index (Phi) is 6.37. The van der Waals surface area contributed by atoms with Gasteiger partial charge in [0.15, 0.2) is 5.78 Å². The van der Waals surface area contributed by atoms with Crippen LogP contribution in [0.4, 0.5) is 0 Å². The molecule has 1 unspecified atom stereocenters. The van der Waals surface area contributed by atoms with Crippen molar-refractivity contribution in [2.75, 3.05) is 19.6 Å². The van der Waals surface area contributed by atoms with E-state index in [1.165, 1.54) is 0 Å². The number of nitrogens with zero attached hydrogens (tertiary/aromatic N) is 1. The number of rotatable bonds is 7. The maximum atomic E-state index is 12.2. The van der Waals surface area contributed by atoms with Crippen LogP contribution in [0.3, 0.4) is 0 Å². The van der Waals surface area contributed by atoms with Gasteiger partial charge in [0.1, 0.15) is 0 Å². The molecule has 3 heteroatoms. The number of halogens is 1. The SMILES string of the molecule is CCC(C)CN(CC)CC(=O)c1ccccc1Cl. The van der Waals surface area contributed by atoms with E-state index in [1.807, 2.05) is 12.1 Å². The zero-order valence-electron chi connectivity index (χ0n) is 11.4. The summed E-state index contributed by atoms with van der Waals surface area (Å²) in [6.45, 7) is 8.77. The highest BCUT2D eigenvalue weighted by Gasteiger charge is 2.15. The molecule has 0 N–H and O–H groups in total. The lowest BCUT2D eigenvalue weighted by Gasteiger charge is -2.23. The highest BCUT2D eigenvalue weighted by atomic mass is 35.5. The Morgan fingerprint density at radius 3 is 2.56 bits per heavy atom. The molecule has 1 atom stereocenters. The average Bonchev–Trinajstić information content (AvgIpc) is 2.38. The molecule has 100 valence electrons. The number of hydrogen-bond donors (Lipinski definition) is 0. The Balaban J connectivity index is 2.65. The summed E-state index contributed by atoms with van der Waals surface area (Å²) in [6, 6.07) is 7.25. The number of benzene rings is 1. The summed E-state index contributed by atoms with van der Waals surface area (Å²) in [7, 11) is 0. The minimum Gasteiger partial charge on any atom is -0.296 e. The van der Waals surface area contributed by atoms with Crippen molar-refractivity contribution in [3.63, 3.8) is 0 Å². The Morgan fingerprint density at radius 1 is 1.33 bits per heavy atom. The molecule has 2 nitrogen and oxygen atoms in total. The highest BCUT2D eigenvalue weighted by molar-refractivity contribution is 6.34. The minimum atomic E-state index is 0.103. The van der Waals surface area contributed by atoms with Crippen molar-refractivity contribution >= 4 is 17.4 Å². The molecule has 0 saturated heterocycles. The third-order valence-electron chi connectivity index (χ3n) is 3.26. The second-order valence-corrected chi connectivity index (χ2v) is 5.15. The van der Waals surface area contributed by atoms with Crippen molar-refractivity contribution in [1.29, 1.82) is 0 Å². The largest absolute Gasteiger partial charge is 0.296 e. The van der Waals surface area contributed by atoms with E-state index in [9.17, 15) is 4.79 Å². The predicted molar refractivity (Wildman–Crippen MR) is 77.4 cm³/mol. The first-order valence-electron chi connectivity index (χ1n) is 6.58. The van der Waals surface area contributed by atoms with E-state index in [1.54, 1.807) is 12.1 Å². The van der Waals surface area contributed by atoms with Gasteiger partial charge in [0.2, 0.25) is 0 Å². The van der Waals surface area contributed by atoms with Gasteiger partial charge in [0.25, 0.3) is 0 Å². The smallest absolute Gasteiger partial charge is 0.178 e. The van der Waals surface area contributed by atoms with Crippen LogP contribution in [0.25, 0.3) is 0 Å². The van der Waals surface area contributed by atoms with Crippen molar-refractivity contribution in [3.8, 4) is 0 Å². The summed E-state index contributed by atoms with van der Waals surface area (Å²) < 4.78 is 0. The van der Waals surface area contributed by atoms with Gasteiger partial charge in [0.05, 0.1) is 11.6 Å². The monoisotopic (exact) mass is 267 g/mol. The molecule has 0 fully saturated rings. The van der Waals surface area contributed by atoms with Gasteiger partial charge in [-0.1, -0.05) is 50.9 Å². The second-order valence-electron chi connectivity index (χ2n) is 4.74. The fraction of sp³-hybridized carbons (Fsp3) is 0.533. The third-order valence-corrected chi connectivity index (χ3v) is 3.59. The molecule has 0 aromatic heterocycles. The van der Waals surface area contributed by atoms with E-state index < -0.39 is 0 Å². The fourth-order valence-electron chi connectivity index (χ4n) is 1.85. The van der Waals surface area contributed by atoms with Gasteiger partial charge in [-0.15, -0.1) is 0 Å². The maximum absolute atomic E-state index is 12.2. The van der Waals surface area contributed by atoms with E-state index in [0.717, 1.165) is 19.5 Å². The molecule has 1 rings (SSSR count). The number of likely N-dealkylation sites (N-methyl/N-ethyl adjacent to an activating group) is 1. The third kappa shape index (κ3) is 4.43. The van der Waals surface area contributed by atoms with Crippen molar-refractivity contribution in [3.05, 3.63) is 34.9 Å². The van der Waals surface area contributed by atoms with Crippen LogP contribution in [0.15, 0.2) is 24.3 Å². The van der Waals surface area contributed by atoms with Crippen LogP contribution in [-0.2, 0) is 0 Å². The zero-order chi connectivity index (χ0) is 13.5. The molecule has 1 aromatic carbocycles. The molecule has 0 aliphatic rings. The molecule has 1 aromatic rings. The van der Waals surface area contributed by atoms with Crippen molar-refractivity contribution in [1.82, 2.24) is 4.90 Å². The molecule has 0 aliphatic heterocycles. The quantitative estimate of drug-likeness (QED) is 0.699. The first-order valence-corrected chi connectivity index (χ1v) is 6.96. The number of Topliss-reactive ketones (excluding diaryl/α,β-unsaturated/α-hetero) is 1. The standard InChI is InChI=1S/C15H22ClNO/c1-4-12(3)10-17(5-2)11-15(18)13-8-6-7-9-14(13)16/h6-9,12H,4-5,10-11H2,1-3H3. The van der Waals surface area contributed by atoms with E-state index in [2.05, 4.69) is 25.7 Å². The number of carbonyl (C=O) groups is 1. The summed E-state index contributed by atoms with van der Waals surface area (Å²) in [5.41, 5.74) is 0.627. The molecule has 0 spiro atoms. The Hall–Kier alpha value is -0.860. The second kappa shape index (κ2) is 7.55. The van der Waals surface area contributed by atoms with E-state index in [0.29, 0.717) is 23.0 Å². The first kappa shape index (κ1) is 15.2. The van der Waals surface area contributed by atoms with Crippen LogP contribution in [0.1, 0.15) is 37.6 Å². The Morgan fingerprint density at radius 2 is 2.00 bits per heavy atom. The van der Waals surface area contributed by atoms with Gasteiger partial charge in [0, 0.05) is 12.1 Å². The van der Waals surface area contributed by atoms with Gasteiger partial charge in [-0.2, -0.15) is 0 Å². The summed E-state index contributed by atoms with van der Waals surface area (Å²) in [5.74, 6) is 0.717. The van der Waals surface area contributed by atoms with E-state index in [-0.39, 0.29) is 5.78 Å².